The Bertz CT molecular complexity index is 999. The van der Waals surface area contributed by atoms with Crippen LogP contribution in [0.2, 0.25) is 0 Å². The van der Waals surface area contributed by atoms with E-state index in [2.05, 4.69) is 57.2 Å². The summed E-state index contributed by atoms with van der Waals surface area (Å²) in [6.07, 6.45) is -0.785. The van der Waals surface area contributed by atoms with Crippen molar-refractivity contribution in [1.82, 2.24) is 10.2 Å². The summed E-state index contributed by atoms with van der Waals surface area (Å²) in [5.41, 5.74) is 3.86. The molecule has 0 radical (unpaired) electrons. The lowest BCUT2D eigenvalue weighted by molar-refractivity contribution is -0.200. The average molecular weight is 547 g/mol. The molecule has 2 aromatic carbocycles. The summed E-state index contributed by atoms with van der Waals surface area (Å²) in [4.78, 5) is 2.22. The molecule has 1 fully saturated rings. The third-order valence-corrected chi connectivity index (χ3v) is 7.79. The highest BCUT2D eigenvalue weighted by Crippen LogP contribution is 2.36. The van der Waals surface area contributed by atoms with Crippen molar-refractivity contribution in [2.45, 2.75) is 63.5 Å². The Balaban J connectivity index is 1.52. The predicted octanol–water partition coefficient (Wildman–Crippen LogP) is 3.38. The number of aliphatic hydroxyl groups excluding tert-OH is 3. The molecule has 8 heteroatoms. The zero-order valence-electron chi connectivity index (χ0n) is 23.7. The van der Waals surface area contributed by atoms with Gasteiger partial charge in [0.05, 0.1) is 6.61 Å². The number of benzene rings is 2. The Hall–Kier alpha value is -1.65. The first kappa shape index (κ1) is 30.9. The van der Waals surface area contributed by atoms with Crippen molar-refractivity contribution in [2.75, 3.05) is 46.6 Å². The molecule has 5 unspecified atom stereocenters. The molecule has 0 amide bonds. The van der Waals surface area contributed by atoms with Gasteiger partial charge in [-0.15, -0.1) is 11.8 Å². The quantitative estimate of drug-likeness (QED) is 0.284. The van der Waals surface area contributed by atoms with Gasteiger partial charge in [0.2, 0.25) is 0 Å². The minimum absolute atomic E-state index is 0.238. The number of nitrogens with one attached hydrogen (secondary N) is 1. The molecule has 3 rings (SSSR count). The maximum Gasteiger partial charge on any atom is 0.132 e. The van der Waals surface area contributed by atoms with Crippen LogP contribution in [0.4, 0.5) is 0 Å². The number of nitrogens with zero attached hydrogens (tertiary/aromatic N) is 1. The molecule has 1 saturated heterocycles. The van der Waals surface area contributed by atoms with Gasteiger partial charge < -0.3 is 35.0 Å². The van der Waals surface area contributed by atoms with Crippen LogP contribution in [-0.2, 0) is 11.2 Å². The van der Waals surface area contributed by atoms with Crippen molar-refractivity contribution in [2.24, 2.45) is 5.41 Å². The zero-order chi connectivity index (χ0) is 27.9. The molecule has 1 aliphatic heterocycles. The molecule has 4 N–H and O–H groups in total. The molecule has 0 aromatic heterocycles. The Morgan fingerprint density at radius 1 is 1.03 bits per heavy atom. The Morgan fingerprint density at radius 2 is 1.74 bits per heavy atom. The molecular formula is C30H46N2O5S. The van der Waals surface area contributed by atoms with Crippen LogP contribution >= 0.6 is 11.8 Å². The number of aliphatic hydroxyl groups is 3. The number of thioether (sulfide) groups is 1. The maximum atomic E-state index is 10.6. The van der Waals surface area contributed by atoms with Crippen LogP contribution in [0.25, 0.3) is 0 Å². The number of hydrogen-bond acceptors (Lipinski definition) is 8. The lowest BCUT2D eigenvalue weighted by Crippen LogP contribution is -2.52. The molecule has 0 aliphatic carbocycles. The van der Waals surface area contributed by atoms with Crippen LogP contribution in [0.1, 0.15) is 48.6 Å². The van der Waals surface area contributed by atoms with E-state index in [-0.39, 0.29) is 5.41 Å². The Labute approximate surface area is 232 Å². The summed E-state index contributed by atoms with van der Waals surface area (Å²) in [5.74, 6) is 0.863. The first-order valence-electron chi connectivity index (χ1n) is 13.4. The van der Waals surface area contributed by atoms with Crippen molar-refractivity contribution in [3.8, 4) is 5.75 Å². The standard InChI is InChI=1S/C30H46N2O5S/c1-20-8-11-22(28-26(34)25(33)27(35)29(37-28)38-6)17-23(20)16-21-9-12-24(13-10-21)36-15-7-14-31-18-30(2,3)19-32(4)5/h8-13,17,25-29,31,33-35H,7,14-16,18-19H2,1-6H3. The molecule has 2 aromatic rings. The van der Waals surface area contributed by atoms with E-state index in [9.17, 15) is 15.3 Å². The van der Waals surface area contributed by atoms with Crippen LogP contribution < -0.4 is 10.1 Å². The fourth-order valence-corrected chi connectivity index (χ4v) is 5.70. The number of ether oxygens (including phenoxy) is 2. The first-order valence-corrected chi connectivity index (χ1v) is 14.7. The highest BCUT2D eigenvalue weighted by atomic mass is 32.2. The van der Waals surface area contributed by atoms with E-state index in [0.29, 0.717) is 6.61 Å². The molecule has 212 valence electrons. The summed E-state index contributed by atoms with van der Waals surface area (Å²) < 4.78 is 11.9. The molecular weight excluding hydrogens is 500 g/mol. The van der Waals surface area contributed by atoms with Gasteiger partial charge >= 0.3 is 0 Å². The average Bonchev–Trinajstić information content (AvgIpc) is 2.86. The maximum absolute atomic E-state index is 10.6. The van der Waals surface area contributed by atoms with Gasteiger partial charge in [0.1, 0.15) is 35.6 Å². The molecule has 0 bridgehead atoms. The minimum Gasteiger partial charge on any atom is -0.494 e. The van der Waals surface area contributed by atoms with Gasteiger partial charge in [-0.25, -0.2) is 0 Å². The van der Waals surface area contributed by atoms with Crippen molar-refractivity contribution in [3.05, 3.63) is 64.7 Å². The van der Waals surface area contributed by atoms with E-state index in [1.807, 2.05) is 36.6 Å². The van der Waals surface area contributed by atoms with E-state index < -0.39 is 29.9 Å². The normalized spacial score (nSPS) is 24.1. The Morgan fingerprint density at radius 3 is 2.39 bits per heavy atom. The minimum atomic E-state index is -1.26. The van der Waals surface area contributed by atoms with Crippen molar-refractivity contribution in [1.29, 1.82) is 0 Å². The second-order valence-corrected chi connectivity index (χ2v) is 12.4. The summed E-state index contributed by atoms with van der Waals surface area (Å²) in [7, 11) is 4.22. The lowest BCUT2D eigenvalue weighted by atomic mass is 9.91. The fraction of sp³-hybridized carbons (Fsp3) is 0.600. The zero-order valence-corrected chi connectivity index (χ0v) is 24.5. The monoisotopic (exact) mass is 546 g/mol. The van der Waals surface area contributed by atoms with Gasteiger partial charge in [0.15, 0.2) is 0 Å². The van der Waals surface area contributed by atoms with Crippen LogP contribution in [0.3, 0.4) is 0 Å². The molecule has 0 saturated carbocycles. The van der Waals surface area contributed by atoms with Crippen LogP contribution in [0, 0.1) is 12.3 Å². The van der Waals surface area contributed by atoms with Crippen LogP contribution in [0.15, 0.2) is 42.5 Å². The predicted molar refractivity (Wildman–Crippen MR) is 155 cm³/mol. The first-order chi connectivity index (χ1) is 18.0. The van der Waals surface area contributed by atoms with Crippen molar-refractivity contribution in [3.63, 3.8) is 0 Å². The number of aryl methyl sites for hydroxylation is 1. The highest BCUT2D eigenvalue weighted by Gasteiger charge is 2.44. The van der Waals surface area contributed by atoms with Gasteiger partial charge in [-0.2, -0.15) is 0 Å². The smallest absolute Gasteiger partial charge is 0.132 e. The second-order valence-electron chi connectivity index (χ2n) is 11.4. The largest absolute Gasteiger partial charge is 0.494 e. The van der Waals surface area contributed by atoms with Crippen LogP contribution in [0.5, 0.6) is 5.75 Å². The molecule has 38 heavy (non-hydrogen) atoms. The molecule has 7 nitrogen and oxygen atoms in total. The van der Waals surface area contributed by atoms with Crippen molar-refractivity contribution >= 4 is 11.8 Å². The number of rotatable bonds is 13. The SMILES string of the molecule is CSC1OC(c2ccc(C)c(Cc3ccc(OCCCNCC(C)(C)CN(C)C)cc3)c2)C(O)C(O)C1O. The van der Waals surface area contributed by atoms with E-state index >= 15 is 0 Å². The molecule has 1 heterocycles. The van der Waals surface area contributed by atoms with Gasteiger partial charge in [0, 0.05) is 13.1 Å². The lowest BCUT2D eigenvalue weighted by Gasteiger charge is -2.40. The summed E-state index contributed by atoms with van der Waals surface area (Å²) >= 11 is 1.32. The third-order valence-electron chi connectivity index (χ3n) is 6.94. The second kappa shape index (κ2) is 14.1. The van der Waals surface area contributed by atoms with E-state index in [4.69, 9.17) is 9.47 Å². The molecule has 0 spiro atoms. The van der Waals surface area contributed by atoms with E-state index in [1.165, 1.54) is 11.8 Å². The summed E-state index contributed by atoms with van der Waals surface area (Å²) in [6, 6.07) is 14.2. The van der Waals surface area contributed by atoms with Gasteiger partial charge in [-0.3, -0.25) is 0 Å². The van der Waals surface area contributed by atoms with E-state index in [0.717, 1.165) is 60.5 Å². The molecule has 1 aliphatic rings. The summed E-state index contributed by atoms with van der Waals surface area (Å²) in [5, 5.41) is 34.6. The van der Waals surface area contributed by atoms with Gasteiger partial charge in [-0.05, 0) is 86.5 Å². The third kappa shape index (κ3) is 8.68. The summed E-state index contributed by atoms with van der Waals surface area (Å²) in [6.45, 7) is 10.2. The highest BCUT2D eigenvalue weighted by molar-refractivity contribution is 7.99. The Kier molecular flexibility index (Phi) is 11.5. The number of hydrogen-bond donors (Lipinski definition) is 4. The van der Waals surface area contributed by atoms with Gasteiger partial charge in [-0.1, -0.05) is 44.2 Å². The van der Waals surface area contributed by atoms with Crippen LogP contribution in [-0.4, -0.2) is 90.6 Å². The van der Waals surface area contributed by atoms with Crippen molar-refractivity contribution < 1.29 is 24.8 Å². The molecule has 5 atom stereocenters. The van der Waals surface area contributed by atoms with E-state index in [1.54, 1.807) is 0 Å². The fourth-order valence-electron chi connectivity index (χ4n) is 5.03. The van der Waals surface area contributed by atoms with Gasteiger partial charge in [0.25, 0.3) is 0 Å². The topological polar surface area (TPSA) is 94.4 Å².